The van der Waals surface area contributed by atoms with Gasteiger partial charge in [-0.2, -0.15) is 13.2 Å². The van der Waals surface area contributed by atoms with Gasteiger partial charge in [-0.3, -0.25) is 14.7 Å². The number of carbonyl (C=O) groups excluding carboxylic acids is 1. The lowest BCUT2D eigenvalue weighted by molar-refractivity contribution is -0.137. The number of alkyl halides is 3. The molecule has 0 unspecified atom stereocenters. The van der Waals surface area contributed by atoms with Crippen LogP contribution in [0.4, 0.5) is 13.2 Å². The highest BCUT2D eigenvalue weighted by molar-refractivity contribution is 8.13. The molecule has 2 heterocycles. The summed E-state index contributed by atoms with van der Waals surface area (Å²) < 4.78 is 38.3. The summed E-state index contributed by atoms with van der Waals surface area (Å²) in [5.74, 6) is 0.307. The van der Waals surface area contributed by atoms with Crippen molar-refractivity contribution in [3.8, 4) is 0 Å². The van der Waals surface area contributed by atoms with E-state index in [4.69, 9.17) is 0 Å². The molecule has 8 heteroatoms. The normalized spacial score (nSPS) is 14.7. The molecule has 0 fully saturated rings. The van der Waals surface area contributed by atoms with Gasteiger partial charge in [-0.25, -0.2) is 0 Å². The quantitative estimate of drug-likeness (QED) is 0.781. The molecule has 132 valence electrons. The average molecular weight is 384 g/mol. The highest BCUT2D eigenvalue weighted by atomic mass is 32.2. The Hall–Kier alpha value is -1.80. The molecule has 0 saturated heterocycles. The summed E-state index contributed by atoms with van der Waals surface area (Å²) in [5.41, 5.74) is -0.107. The van der Waals surface area contributed by atoms with Crippen LogP contribution in [0.1, 0.15) is 16.0 Å². The van der Waals surface area contributed by atoms with Gasteiger partial charge in [0.05, 0.1) is 18.5 Å². The van der Waals surface area contributed by atoms with Crippen LogP contribution >= 0.6 is 23.1 Å². The molecule has 1 aromatic carbocycles. The number of aliphatic imine (C=N–C) groups is 1. The fourth-order valence-corrected chi connectivity index (χ4v) is 4.13. The molecule has 3 nitrogen and oxygen atoms in total. The number of nitrogens with zero attached hydrogens (tertiary/aromatic N) is 2. The first-order valence-electron chi connectivity index (χ1n) is 7.59. The Morgan fingerprint density at radius 1 is 1.28 bits per heavy atom. The Balaban J connectivity index is 1.61. The predicted molar refractivity (Wildman–Crippen MR) is 94.8 cm³/mol. The molecule has 0 spiro atoms. The van der Waals surface area contributed by atoms with Crippen LogP contribution in [0.25, 0.3) is 0 Å². The van der Waals surface area contributed by atoms with E-state index in [2.05, 4.69) is 4.99 Å². The average Bonchev–Trinajstić information content (AvgIpc) is 3.23. The Kier molecular flexibility index (Phi) is 5.48. The number of hydrogen-bond donors (Lipinski definition) is 0. The maximum absolute atomic E-state index is 12.8. The van der Waals surface area contributed by atoms with Gasteiger partial charge in [0.15, 0.2) is 5.17 Å². The lowest BCUT2D eigenvalue weighted by atomic mass is 10.1. The van der Waals surface area contributed by atoms with Crippen LogP contribution in [0.5, 0.6) is 0 Å². The smallest absolute Gasteiger partial charge is 0.289 e. The van der Waals surface area contributed by atoms with Crippen LogP contribution in [-0.2, 0) is 23.1 Å². The molecular weight excluding hydrogens is 369 g/mol. The molecule has 25 heavy (non-hydrogen) atoms. The van der Waals surface area contributed by atoms with Crippen molar-refractivity contribution in [1.82, 2.24) is 4.90 Å². The maximum Gasteiger partial charge on any atom is 0.416 e. The molecule has 0 atom stereocenters. The van der Waals surface area contributed by atoms with Crippen molar-refractivity contribution >= 4 is 34.2 Å². The van der Waals surface area contributed by atoms with Gasteiger partial charge in [0.25, 0.3) is 0 Å². The number of thioether (sulfide) groups is 1. The summed E-state index contributed by atoms with van der Waals surface area (Å²) in [6.45, 7) is 1.05. The van der Waals surface area contributed by atoms with E-state index in [0.717, 1.165) is 17.0 Å². The predicted octanol–water partition coefficient (Wildman–Crippen LogP) is 4.44. The molecule has 3 rings (SSSR count). The molecule has 0 aliphatic carbocycles. The van der Waals surface area contributed by atoms with Gasteiger partial charge in [0.2, 0.25) is 5.91 Å². The van der Waals surface area contributed by atoms with Crippen LogP contribution < -0.4 is 0 Å². The number of carbonyl (C=O) groups is 1. The van der Waals surface area contributed by atoms with Gasteiger partial charge in [0, 0.05) is 17.2 Å². The molecule has 0 saturated carbocycles. The Morgan fingerprint density at radius 3 is 2.84 bits per heavy atom. The number of benzene rings is 1. The molecule has 0 radical (unpaired) electrons. The van der Waals surface area contributed by atoms with E-state index in [1.54, 1.807) is 11.0 Å². The molecule has 0 bridgehead atoms. The van der Waals surface area contributed by atoms with Gasteiger partial charge in [0.1, 0.15) is 0 Å². The molecule has 1 aliphatic heterocycles. The second-order valence-corrected chi connectivity index (χ2v) is 7.43. The third kappa shape index (κ3) is 4.64. The van der Waals surface area contributed by atoms with Crippen LogP contribution in [-0.4, -0.2) is 29.1 Å². The highest BCUT2D eigenvalue weighted by Gasteiger charge is 2.30. The topological polar surface area (TPSA) is 32.7 Å². The number of hydrogen-bond acceptors (Lipinski definition) is 4. The maximum atomic E-state index is 12.8. The van der Waals surface area contributed by atoms with Gasteiger partial charge in [-0.1, -0.05) is 36.0 Å². The van der Waals surface area contributed by atoms with Gasteiger partial charge < -0.3 is 0 Å². The molecular formula is C17H15F3N2OS2. The first kappa shape index (κ1) is 18.0. The zero-order valence-corrected chi connectivity index (χ0v) is 14.8. The number of amides is 1. The van der Waals surface area contributed by atoms with E-state index in [0.29, 0.717) is 36.0 Å². The summed E-state index contributed by atoms with van der Waals surface area (Å²) in [6.07, 6.45) is -4.03. The standard InChI is InChI=1S/C17H15F3N2OS2/c18-17(19,20)13-4-1-3-12(9-13)11-25-16-21-6-7-22(16)15(23)10-14-5-2-8-24-14/h1-5,8-9H,6-7,10-11H2. The van der Waals surface area contributed by atoms with Crippen molar-refractivity contribution in [2.45, 2.75) is 18.3 Å². The number of thiophene rings is 1. The van der Waals surface area contributed by atoms with Gasteiger partial charge >= 0.3 is 6.18 Å². The van der Waals surface area contributed by atoms with E-state index < -0.39 is 11.7 Å². The number of halogens is 3. The van der Waals surface area contributed by atoms with Crippen molar-refractivity contribution in [2.24, 2.45) is 4.99 Å². The second kappa shape index (κ2) is 7.61. The van der Waals surface area contributed by atoms with E-state index >= 15 is 0 Å². The molecule has 1 amide bonds. The zero-order valence-electron chi connectivity index (χ0n) is 13.1. The van der Waals surface area contributed by atoms with Crippen molar-refractivity contribution in [3.05, 3.63) is 57.8 Å². The van der Waals surface area contributed by atoms with Gasteiger partial charge in [-0.05, 0) is 23.1 Å². The largest absolute Gasteiger partial charge is 0.416 e. The zero-order chi connectivity index (χ0) is 17.9. The van der Waals surface area contributed by atoms with E-state index in [-0.39, 0.29) is 5.91 Å². The fourth-order valence-electron chi connectivity index (χ4n) is 2.42. The minimum Gasteiger partial charge on any atom is -0.289 e. The Bertz CT molecular complexity index is 772. The molecule has 0 N–H and O–H groups in total. The van der Waals surface area contributed by atoms with Crippen LogP contribution in [0, 0.1) is 0 Å². The Morgan fingerprint density at radius 2 is 2.12 bits per heavy atom. The van der Waals surface area contributed by atoms with Crippen LogP contribution in [0.3, 0.4) is 0 Å². The minimum absolute atomic E-state index is 0.0322. The molecule has 2 aromatic rings. The van der Waals surface area contributed by atoms with E-state index in [9.17, 15) is 18.0 Å². The lowest BCUT2D eigenvalue weighted by Gasteiger charge is -2.17. The van der Waals surface area contributed by atoms with Gasteiger partial charge in [-0.15, -0.1) is 11.3 Å². The van der Waals surface area contributed by atoms with E-state index in [1.807, 2.05) is 17.5 Å². The van der Waals surface area contributed by atoms with Crippen LogP contribution in [0.2, 0.25) is 0 Å². The summed E-state index contributed by atoms with van der Waals surface area (Å²) >= 11 is 2.82. The van der Waals surface area contributed by atoms with Crippen molar-refractivity contribution in [3.63, 3.8) is 0 Å². The first-order chi connectivity index (χ1) is 11.9. The van der Waals surface area contributed by atoms with Crippen molar-refractivity contribution in [1.29, 1.82) is 0 Å². The number of amidine groups is 1. The molecule has 1 aromatic heterocycles. The third-order valence-corrected chi connectivity index (χ3v) is 5.59. The monoisotopic (exact) mass is 384 g/mol. The lowest BCUT2D eigenvalue weighted by Crippen LogP contribution is -2.33. The SMILES string of the molecule is O=C(Cc1cccs1)N1CCN=C1SCc1cccc(C(F)(F)F)c1. The summed E-state index contributed by atoms with van der Waals surface area (Å²) in [4.78, 5) is 19.3. The van der Waals surface area contributed by atoms with Crippen molar-refractivity contribution < 1.29 is 18.0 Å². The van der Waals surface area contributed by atoms with Crippen molar-refractivity contribution in [2.75, 3.05) is 13.1 Å². The van der Waals surface area contributed by atoms with Crippen LogP contribution in [0.15, 0.2) is 46.8 Å². The Labute approximate surface area is 151 Å². The third-order valence-electron chi connectivity index (χ3n) is 3.63. The fraction of sp³-hybridized carbons (Fsp3) is 0.294. The summed E-state index contributed by atoms with van der Waals surface area (Å²) in [7, 11) is 0. The summed E-state index contributed by atoms with van der Waals surface area (Å²) in [6, 6.07) is 9.04. The second-order valence-electron chi connectivity index (χ2n) is 5.45. The first-order valence-corrected chi connectivity index (χ1v) is 9.46. The van der Waals surface area contributed by atoms with E-state index in [1.165, 1.54) is 29.2 Å². The minimum atomic E-state index is -4.35. The number of rotatable bonds is 4. The summed E-state index contributed by atoms with van der Waals surface area (Å²) in [5, 5.41) is 2.50. The highest BCUT2D eigenvalue weighted by Crippen LogP contribution is 2.30. The molecule has 1 aliphatic rings.